The Hall–Kier alpha value is -0.480. The lowest BCUT2D eigenvalue weighted by Gasteiger charge is -2.28. The van der Waals surface area contributed by atoms with Crippen LogP contribution in [0.25, 0.3) is 0 Å². The van der Waals surface area contributed by atoms with Crippen molar-refractivity contribution in [2.75, 3.05) is 18.1 Å². The summed E-state index contributed by atoms with van der Waals surface area (Å²) in [6.45, 7) is 0.844. The summed E-state index contributed by atoms with van der Waals surface area (Å²) in [5.74, 6) is 1.62. The Morgan fingerprint density at radius 1 is 1.56 bits per heavy atom. The van der Waals surface area contributed by atoms with Gasteiger partial charge < -0.3 is 10.4 Å². The molecule has 0 aromatic heterocycles. The van der Waals surface area contributed by atoms with Crippen LogP contribution >= 0.6 is 11.8 Å². The topological polar surface area (TPSA) is 49.3 Å². The molecule has 1 fully saturated rings. The Balaban J connectivity index is 1.87. The number of hydrogen-bond donors (Lipinski definition) is 2. The number of carboxylic acids is 1. The second-order valence-electron chi connectivity index (χ2n) is 4.72. The van der Waals surface area contributed by atoms with Gasteiger partial charge in [0, 0.05) is 5.75 Å². The minimum absolute atomic E-state index is 0.617. The zero-order valence-corrected chi connectivity index (χ0v) is 10.3. The molecule has 2 aliphatic rings. The maximum atomic E-state index is 11.3. The Morgan fingerprint density at radius 3 is 3.00 bits per heavy atom. The Morgan fingerprint density at radius 2 is 2.44 bits per heavy atom. The molecular formula is C12H19NO2S. The van der Waals surface area contributed by atoms with Gasteiger partial charge >= 0.3 is 5.97 Å². The first-order chi connectivity index (χ1) is 7.73. The summed E-state index contributed by atoms with van der Waals surface area (Å²) >= 11 is 1.74. The van der Waals surface area contributed by atoms with Crippen molar-refractivity contribution in [3.63, 3.8) is 0 Å². The molecule has 1 saturated heterocycles. The van der Waals surface area contributed by atoms with Crippen LogP contribution in [0.1, 0.15) is 25.7 Å². The molecule has 2 unspecified atom stereocenters. The van der Waals surface area contributed by atoms with Crippen molar-refractivity contribution in [2.24, 2.45) is 5.92 Å². The molecule has 16 heavy (non-hydrogen) atoms. The summed E-state index contributed by atoms with van der Waals surface area (Å²) < 4.78 is 0. The average Bonchev–Trinajstić information content (AvgIpc) is 2.78. The molecule has 0 aromatic rings. The predicted molar refractivity (Wildman–Crippen MR) is 66.8 cm³/mol. The van der Waals surface area contributed by atoms with Crippen LogP contribution in [0, 0.1) is 5.92 Å². The smallest absolute Gasteiger partial charge is 0.324 e. The van der Waals surface area contributed by atoms with Gasteiger partial charge in [-0.2, -0.15) is 11.8 Å². The van der Waals surface area contributed by atoms with Crippen LogP contribution in [0.15, 0.2) is 12.2 Å². The van der Waals surface area contributed by atoms with Crippen LogP contribution in [-0.2, 0) is 4.79 Å². The van der Waals surface area contributed by atoms with Gasteiger partial charge in [0.25, 0.3) is 0 Å². The zero-order chi connectivity index (χ0) is 11.4. The number of carbonyl (C=O) groups is 1. The number of allylic oxidation sites excluding steroid dienone is 2. The number of thioether (sulfide) groups is 1. The lowest BCUT2D eigenvalue weighted by atomic mass is 9.92. The third-order valence-electron chi connectivity index (χ3n) is 3.54. The molecule has 90 valence electrons. The molecule has 0 amide bonds. The van der Waals surface area contributed by atoms with E-state index in [4.69, 9.17) is 0 Å². The molecule has 2 N–H and O–H groups in total. The van der Waals surface area contributed by atoms with E-state index >= 15 is 0 Å². The fourth-order valence-electron chi connectivity index (χ4n) is 2.33. The second kappa shape index (κ2) is 5.23. The van der Waals surface area contributed by atoms with Crippen molar-refractivity contribution in [1.29, 1.82) is 0 Å². The molecule has 4 heteroatoms. The molecular weight excluding hydrogens is 222 g/mol. The Labute approximate surface area is 101 Å². The summed E-state index contributed by atoms with van der Waals surface area (Å²) in [6.07, 6.45) is 8.61. The molecule has 0 spiro atoms. The third kappa shape index (κ3) is 2.61. The van der Waals surface area contributed by atoms with E-state index in [1.165, 1.54) is 6.42 Å². The molecule has 1 aliphatic carbocycles. The molecule has 3 nitrogen and oxygen atoms in total. The predicted octanol–water partition coefficient (Wildman–Crippen LogP) is 1.89. The largest absolute Gasteiger partial charge is 0.480 e. The Kier molecular flexibility index (Phi) is 3.92. The zero-order valence-electron chi connectivity index (χ0n) is 9.45. The normalized spacial score (nSPS) is 34.1. The van der Waals surface area contributed by atoms with E-state index in [1.54, 1.807) is 11.8 Å². The highest BCUT2D eigenvalue weighted by Gasteiger charge is 2.41. The van der Waals surface area contributed by atoms with Crippen LogP contribution in [0.5, 0.6) is 0 Å². The molecule has 0 bridgehead atoms. The van der Waals surface area contributed by atoms with E-state index in [1.807, 2.05) is 0 Å². The van der Waals surface area contributed by atoms with E-state index in [2.05, 4.69) is 17.5 Å². The molecule has 0 saturated carbocycles. The summed E-state index contributed by atoms with van der Waals surface area (Å²) in [6, 6.07) is 0. The van der Waals surface area contributed by atoms with Crippen molar-refractivity contribution in [2.45, 2.75) is 31.2 Å². The van der Waals surface area contributed by atoms with Crippen molar-refractivity contribution in [1.82, 2.24) is 5.32 Å². The van der Waals surface area contributed by atoms with Gasteiger partial charge in [-0.25, -0.2) is 0 Å². The lowest BCUT2D eigenvalue weighted by Crippen LogP contribution is -2.53. The monoisotopic (exact) mass is 241 g/mol. The molecule has 0 aromatic carbocycles. The van der Waals surface area contributed by atoms with Crippen LogP contribution < -0.4 is 5.32 Å². The van der Waals surface area contributed by atoms with Gasteiger partial charge in [-0.3, -0.25) is 4.79 Å². The quantitative estimate of drug-likeness (QED) is 0.738. The fourth-order valence-corrected chi connectivity index (χ4v) is 3.69. The number of aliphatic carboxylic acids is 1. The van der Waals surface area contributed by atoms with Crippen LogP contribution in [0.4, 0.5) is 0 Å². The average molecular weight is 241 g/mol. The standard InChI is InChI=1S/C12H19NO2S/c14-11(15)12(6-7-16-9-12)13-8-10-4-2-1-3-5-10/h1-2,10,13H,3-9H2,(H,14,15). The summed E-state index contributed by atoms with van der Waals surface area (Å²) in [7, 11) is 0. The molecule has 1 heterocycles. The highest BCUT2D eigenvalue weighted by molar-refractivity contribution is 7.99. The van der Waals surface area contributed by atoms with Crippen molar-refractivity contribution in [3.8, 4) is 0 Å². The number of carboxylic acid groups (broad SMARTS) is 1. The molecule has 0 radical (unpaired) electrons. The van der Waals surface area contributed by atoms with E-state index in [9.17, 15) is 9.90 Å². The minimum atomic E-state index is -0.677. The van der Waals surface area contributed by atoms with Crippen LogP contribution in [0.3, 0.4) is 0 Å². The van der Waals surface area contributed by atoms with Gasteiger partial charge in [0.15, 0.2) is 0 Å². The number of rotatable bonds is 4. The van der Waals surface area contributed by atoms with E-state index < -0.39 is 11.5 Å². The van der Waals surface area contributed by atoms with Gasteiger partial charge in [0.05, 0.1) is 0 Å². The Bertz CT molecular complexity index is 285. The van der Waals surface area contributed by atoms with Crippen molar-refractivity contribution in [3.05, 3.63) is 12.2 Å². The highest BCUT2D eigenvalue weighted by Crippen LogP contribution is 2.29. The second-order valence-corrected chi connectivity index (χ2v) is 5.83. The van der Waals surface area contributed by atoms with E-state index in [0.717, 1.165) is 31.6 Å². The molecule has 1 aliphatic heterocycles. The first kappa shape index (κ1) is 12.0. The third-order valence-corrected chi connectivity index (χ3v) is 4.73. The van der Waals surface area contributed by atoms with Gasteiger partial charge in [0.1, 0.15) is 5.54 Å². The van der Waals surface area contributed by atoms with Crippen molar-refractivity contribution < 1.29 is 9.90 Å². The summed E-state index contributed by atoms with van der Waals surface area (Å²) in [5.41, 5.74) is -0.647. The first-order valence-corrected chi connectivity index (χ1v) is 7.10. The maximum absolute atomic E-state index is 11.3. The van der Waals surface area contributed by atoms with Gasteiger partial charge in [-0.1, -0.05) is 12.2 Å². The van der Waals surface area contributed by atoms with E-state index in [-0.39, 0.29) is 0 Å². The highest BCUT2D eigenvalue weighted by atomic mass is 32.2. The van der Waals surface area contributed by atoms with Gasteiger partial charge in [0.2, 0.25) is 0 Å². The van der Waals surface area contributed by atoms with Crippen LogP contribution in [0.2, 0.25) is 0 Å². The van der Waals surface area contributed by atoms with Gasteiger partial charge in [-0.15, -0.1) is 0 Å². The minimum Gasteiger partial charge on any atom is -0.480 e. The molecule has 2 atom stereocenters. The summed E-state index contributed by atoms with van der Waals surface area (Å²) in [4.78, 5) is 11.3. The SMILES string of the molecule is O=C(O)C1(NCC2CC=CCC2)CCSC1. The lowest BCUT2D eigenvalue weighted by molar-refractivity contribution is -0.143. The molecule has 2 rings (SSSR count). The van der Waals surface area contributed by atoms with Crippen LogP contribution in [-0.4, -0.2) is 34.7 Å². The first-order valence-electron chi connectivity index (χ1n) is 5.94. The maximum Gasteiger partial charge on any atom is 0.324 e. The summed E-state index contributed by atoms with van der Waals surface area (Å²) in [5, 5.41) is 12.6. The number of hydrogen-bond acceptors (Lipinski definition) is 3. The van der Waals surface area contributed by atoms with Gasteiger partial charge in [-0.05, 0) is 43.9 Å². The van der Waals surface area contributed by atoms with E-state index in [0.29, 0.717) is 11.7 Å². The number of nitrogens with one attached hydrogen (secondary N) is 1. The fraction of sp³-hybridized carbons (Fsp3) is 0.750. The van der Waals surface area contributed by atoms with Crippen molar-refractivity contribution >= 4 is 17.7 Å².